The van der Waals surface area contributed by atoms with Crippen LogP contribution in [0.1, 0.15) is 12.5 Å². The Morgan fingerprint density at radius 2 is 1.58 bits per heavy atom. The van der Waals surface area contributed by atoms with Gasteiger partial charge in [0, 0.05) is 44.5 Å². The van der Waals surface area contributed by atoms with Gasteiger partial charge in [0.15, 0.2) is 9.84 Å². The molecule has 2 heterocycles. The Labute approximate surface area is 220 Å². The fraction of sp³-hybridized carbons (Fsp3) is 0.375. The predicted molar refractivity (Wildman–Crippen MR) is 137 cm³/mol. The molecule has 0 radical (unpaired) electrons. The maximum Gasteiger partial charge on any atom is 0.429 e. The highest BCUT2D eigenvalue weighted by atomic mass is 32.2. The standard InChI is InChI=1S/C24H28F3N5O4S2/c1-3-32-22(31-15-13-28-14-16-31)21(30-38(35,36)19-7-5-4-6-8-19)20(29-23(32)24(25,26)27)17-9-11-18(12-10-17)37(2,33)34/h4-12,23,28,30H,3,13-16H2,1-2H3. The lowest BCUT2D eigenvalue weighted by Gasteiger charge is -2.44. The topological polar surface area (TPSA) is 111 Å². The molecule has 0 spiro atoms. The van der Waals surface area contributed by atoms with Gasteiger partial charge in [-0.15, -0.1) is 0 Å². The zero-order chi connectivity index (χ0) is 27.7. The van der Waals surface area contributed by atoms with Gasteiger partial charge >= 0.3 is 6.18 Å². The molecule has 1 saturated heterocycles. The van der Waals surface area contributed by atoms with Crippen molar-refractivity contribution in [1.82, 2.24) is 19.8 Å². The van der Waals surface area contributed by atoms with E-state index < -0.39 is 32.2 Å². The average molecular weight is 572 g/mol. The second-order valence-electron chi connectivity index (χ2n) is 8.83. The molecule has 38 heavy (non-hydrogen) atoms. The van der Waals surface area contributed by atoms with Crippen molar-refractivity contribution in [3.8, 4) is 0 Å². The van der Waals surface area contributed by atoms with E-state index in [0.717, 1.165) is 11.2 Å². The number of nitrogens with zero attached hydrogens (tertiary/aromatic N) is 3. The minimum atomic E-state index is -4.77. The summed E-state index contributed by atoms with van der Waals surface area (Å²) in [6.45, 7) is 3.12. The number of allylic oxidation sites excluding steroid dienone is 1. The molecule has 1 unspecified atom stereocenters. The third kappa shape index (κ3) is 5.81. The molecule has 2 aliphatic rings. The smallest absolute Gasteiger partial charge is 0.354 e. The summed E-state index contributed by atoms with van der Waals surface area (Å²) in [5, 5.41) is 3.15. The molecule has 2 aromatic rings. The van der Waals surface area contributed by atoms with Crippen LogP contribution in [0.2, 0.25) is 0 Å². The van der Waals surface area contributed by atoms with Crippen LogP contribution in [0.4, 0.5) is 13.2 Å². The Bertz CT molecular complexity index is 1440. The van der Waals surface area contributed by atoms with Crippen molar-refractivity contribution in [2.24, 2.45) is 4.99 Å². The summed E-state index contributed by atoms with van der Waals surface area (Å²) in [6, 6.07) is 12.7. The number of sulfonamides is 1. The molecule has 0 amide bonds. The third-order valence-electron chi connectivity index (χ3n) is 6.17. The molecular weight excluding hydrogens is 543 g/mol. The first-order valence-corrected chi connectivity index (χ1v) is 15.2. The molecule has 0 aromatic heterocycles. The van der Waals surface area contributed by atoms with Crippen molar-refractivity contribution < 1.29 is 30.0 Å². The van der Waals surface area contributed by atoms with Crippen molar-refractivity contribution in [2.75, 3.05) is 39.0 Å². The molecule has 0 aliphatic carbocycles. The number of piperazine rings is 1. The molecule has 14 heteroatoms. The highest BCUT2D eigenvalue weighted by Crippen LogP contribution is 2.36. The van der Waals surface area contributed by atoms with Crippen LogP contribution in [0, 0.1) is 0 Å². The van der Waals surface area contributed by atoms with E-state index in [1.54, 1.807) is 17.9 Å². The van der Waals surface area contributed by atoms with Crippen LogP contribution >= 0.6 is 0 Å². The molecular formula is C24H28F3N5O4S2. The van der Waals surface area contributed by atoms with E-state index in [-0.39, 0.29) is 39.1 Å². The molecule has 0 bridgehead atoms. The Morgan fingerprint density at radius 3 is 2.11 bits per heavy atom. The monoisotopic (exact) mass is 571 g/mol. The summed E-state index contributed by atoms with van der Waals surface area (Å²) in [4.78, 5) is 6.67. The van der Waals surface area contributed by atoms with Crippen LogP contribution in [0.15, 0.2) is 80.9 Å². The third-order valence-corrected chi connectivity index (χ3v) is 8.67. The van der Waals surface area contributed by atoms with Crippen molar-refractivity contribution >= 4 is 25.6 Å². The first kappa shape index (κ1) is 27.9. The summed E-state index contributed by atoms with van der Waals surface area (Å²) in [6.07, 6.45) is -6.02. The van der Waals surface area contributed by atoms with Gasteiger partial charge in [0.1, 0.15) is 11.5 Å². The van der Waals surface area contributed by atoms with E-state index in [1.807, 2.05) is 0 Å². The quantitative estimate of drug-likeness (QED) is 0.524. The SMILES string of the molecule is CCN1C(N2CCNCC2)=C(NS(=O)(=O)c2ccccc2)C(c2ccc(S(C)(=O)=O)cc2)=NC1C(F)(F)F. The Hall–Kier alpha value is -3.10. The molecule has 206 valence electrons. The molecule has 1 atom stereocenters. The summed E-state index contributed by atoms with van der Waals surface area (Å²) in [5.74, 6) is 0.0630. The summed E-state index contributed by atoms with van der Waals surface area (Å²) in [5.41, 5.74) is -0.198. The van der Waals surface area contributed by atoms with Crippen LogP contribution < -0.4 is 10.0 Å². The zero-order valence-electron chi connectivity index (χ0n) is 20.7. The number of nitrogens with one attached hydrogen (secondary N) is 2. The highest BCUT2D eigenvalue weighted by molar-refractivity contribution is 7.90. The molecule has 2 aromatic carbocycles. The van der Waals surface area contributed by atoms with Gasteiger partial charge in [-0.2, -0.15) is 13.2 Å². The van der Waals surface area contributed by atoms with E-state index in [4.69, 9.17) is 0 Å². The first-order chi connectivity index (χ1) is 17.8. The van der Waals surface area contributed by atoms with Crippen LogP contribution in [-0.4, -0.2) is 83.7 Å². The average Bonchev–Trinajstić information content (AvgIpc) is 2.88. The van der Waals surface area contributed by atoms with Crippen molar-refractivity contribution in [1.29, 1.82) is 0 Å². The number of benzene rings is 2. The lowest BCUT2D eigenvalue weighted by Crippen LogP contribution is -2.56. The second kappa shape index (κ2) is 10.6. The van der Waals surface area contributed by atoms with Gasteiger partial charge in [0.2, 0.25) is 6.17 Å². The fourth-order valence-corrected chi connectivity index (χ4v) is 6.10. The lowest BCUT2D eigenvalue weighted by atomic mass is 10.0. The number of aliphatic imine (C=N–C) groups is 1. The van der Waals surface area contributed by atoms with E-state index in [0.29, 0.717) is 26.2 Å². The number of hydrogen-bond acceptors (Lipinski definition) is 8. The van der Waals surface area contributed by atoms with Gasteiger partial charge in [-0.3, -0.25) is 4.72 Å². The molecule has 2 aliphatic heterocycles. The van der Waals surface area contributed by atoms with Crippen molar-refractivity contribution in [3.63, 3.8) is 0 Å². The predicted octanol–water partition coefficient (Wildman–Crippen LogP) is 2.16. The largest absolute Gasteiger partial charge is 0.429 e. The summed E-state index contributed by atoms with van der Waals surface area (Å²) < 4.78 is 96.3. The van der Waals surface area contributed by atoms with Crippen LogP contribution in [0.3, 0.4) is 0 Å². The molecule has 2 N–H and O–H groups in total. The number of hydrogen-bond donors (Lipinski definition) is 2. The lowest BCUT2D eigenvalue weighted by molar-refractivity contribution is -0.179. The minimum Gasteiger partial charge on any atom is -0.354 e. The Balaban J connectivity index is 1.96. The van der Waals surface area contributed by atoms with Crippen molar-refractivity contribution in [3.05, 3.63) is 71.7 Å². The van der Waals surface area contributed by atoms with Gasteiger partial charge < -0.3 is 15.1 Å². The molecule has 4 rings (SSSR count). The minimum absolute atomic E-state index is 0.0297. The molecule has 0 saturated carbocycles. The zero-order valence-corrected chi connectivity index (χ0v) is 22.4. The maximum atomic E-state index is 14.3. The summed E-state index contributed by atoms with van der Waals surface area (Å²) >= 11 is 0. The van der Waals surface area contributed by atoms with Crippen LogP contribution in [-0.2, 0) is 19.9 Å². The fourth-order valence-electron chi connectivity index (χ4n) is 4.38. The van der Waals surface area contributed by atoms with Gasteiger partial charge in [-0.25, -0.2) is 21.8 Å². The number of alkyl halides is 3. The van der Waals surface area contributed by atoms with Crippen LogP contribution in [0.5, 0.6) is 0 Å². The van der Waals surface area contributed by atoms with E-state index in [1.165, 1.54) is 48.5 Å². The number of rotatable bonds is 7. The Morgan fingerprint density at radius 1 is 0.974 bits per heavy atom. The Kier molecular flexibility index (Phi) is 7.77. The maximum absolute atomic E-state index is 14.3. The van der Waals surface area contributed by atoms with Crippen molar-refractivity contribution in [2.45, 2.75) is 29.1 Å². The van der Waals surface area contributed by atoms with E-state index in [9.17, 15) is 30.0 Å². The summed E-state index contributed by atoms with van der Waals surface area (Å²) in [7, 11) is -7.79. The van der Waals surface area contributed by atoms with Crippen LogP contribution in [0.25, 0.3) is 0 Å². The normalized spacial score (nSPS) is 19.4. The van der Waals surface area contributed by atoms with Gasteiger partial charge in [0.25, 0.3) is 10.0 Å². The number of sulfone groups is 1. The molecule has 9 nitrogen and oxygen atoms in total. The molecule has 1 fully saturated rings. The first-order valence-electron chi connectivity index (χ1n) is 11.8. The highest BCUT2D eigenvalue weighted by Gasteiger charge is 2.49. The van der Waals surface area contributed by atoms with E-state index >= 15 is 0 Å². The van der Waals surface area contributed by atoms with Gasteiger partial charge in [0.05, 0.1) is 15.5 Å². The second-order valence-corrected chi connectivity index (χ2v) is 12.5. The number of halogens is 3. The van der Waals surface area contributed by atoms with E-state index in [2.05, 4.69) is 15.0 Å². The van der Waals surface area contributed by atoms with Gasteiger partial charge in [-0.05, 0) is 31.2 Å². The van der Waals surface area contributed by atoms with Gasteiger partial charge in [-0.1, -0.05) is 30.3 Å².